The Labute approximate surface area is 363 Å². The maximum absolute atomic E-state index is 15.6. The van der Waals surface area contributed by atoms with Gasteiger partial charge in [-0.3, -0.25) is 19.8 Å². The molecule has 0 spiro atoms. The summed E-state index contributed by atoms with van der Waals surface area (Å²) in [6.07, 6.45) is -2.22. The zero-order chi connectivity index (χ0) is 45.3. The first-order valence-corrected chi connectivity index (χ1v) is 20.3. The number of carbonyl (C=O) groups is 3. The number of rotatable bonds is 14. The van der Waals surface area contributed by atoms with Gasteiger partial charge in [-0.2, -0.15) is 46.7 Å². The van der Waals surface area contributed by atoms with E-state index in [4.69, 9.17) is 26.1 Å². The molecule has 3 atom stereocenters. The highest BCUT2D eigenvalue weighted by Gasteiger charge is 2.54. The van der Waals surface area contributed by atoms with Crippen LogP contribution in [-0.2, 0) is 31.2 Å². The SMILES string of the molecule is CC(CC(=O)OC[C@H](c1ccc(Cl)c(-c2ncnn2C(F)F)c1)N1C(=O)[C@@](CC(C)(C)C)(c2ccc(-c3cnn(C4CC4)n3)cc2)N=C1NC(=O)OCc1ccccc1)C(F)(F)F. The van der Waals surface area contributed by atoms with Crippen molar-refractivity contribution in [3.63, 3.8) is 0 Å². The average molecular weight is 896 g/mol. The average Bonchev–Trinajstić information content (AvgIpc) is 3.62. The monoisotopic (exact) mass is 895 g/mol. The predicted molar refractivity (Wildman–Crippen MR) is 219 cm³/mol. The van der Waals surface area contributed by atoms with Crippen molar-refractivity contribution in [2.45, 2.75) is 90.3 Å². The molecule has 1 N–H and O–H groups in total. The fourth-order valence-corrected chi connectivity index (χ4v) is 7.41. The van der Waals surface area contributed by atoms with Crippen LogP contribution in [0.25, 0.3) is 22.6 Å². The highest BCUT2D eigenvalue weighted by atomic mass is 35.5. The van der Waals surface area contributed by atoms with E-state index in [2.05, 4.69) is 25.6 Å². The molecule has 1 saturated carbocycles. The van der Waals surface area contributed by atoms with Gasteiger partial charge >= 0.3 is 24.8 Å². The zero-order valence-electron chi connectivity index (χ0n) is 34.5. The lowest BCUT2D eigenvalue weighted by Crippen LogP contribution is -2.49. The third kappa shape index (κ3) is 10.2. The minimum absolute atomic E-state index is 0.0491. The molecule has 2 aliphatic rings. The molecule has 7 rings (SSSR count). The summed E-state index contributed by atoms with van der Waals surface area (Å²) in [6.45, 7) is 2.41. The molecule has 14 nitrogen and oxygen atoms in total. The van der Waals surface area contributed by atoms with Gasteiger partial charge in [0.2, 0.25) is 5.96 Å². The number of ether oxygens (including phenoxy) is 2. The maximum atomic E-state index is 15.6. The Morgan fingerprint density at radius 2 is 1.70 bits per heavy atom. The second-order valence-corrected chi connectivity index (χ2v) is 17.1. The number of halogens is 6. The molecule has 0 radical (unpaired) electrons. The van der Waals surface area contributed by atoms with E-state index in [1.54, 1.807) is 65.6 Å². The standard InChI is InChI=1S/C43H43ClF5N9O5/c1-25(43(47,48)49)18-35(59)62-22-34(28-12-17-32(44)31(19-28)36-50-24-52-57(36)38(45)46)56-37(60)42(23-41(2,3)4,54-39(56)53-40(61)63-21-26-8-6-5-7-9-26)29-13-10-27(11-14-29)33-20-51-58(55-33)30-15-16-30/h5-14,17,19-20,24-25,30,34,38H,15-16,18,21-23H2,1-4H3,(H,53,54,61)/t25?,34-,42-/m1/s1. The van der Waals surface area contributed by atoms with Gasteiger partial charge in [-0.1, -0.05) is 100.0 Å². The Balaban J connectivity index is 1.34. The molecular formula is C43H43ClF5N9O5. The molecule has 1 unspecified atom stereocenters. The van der Waals surface area contributed by atoms with Gasteiger partial charge in [0.1, 0.15) is 25.2 Å². The van der Waals surface area contributed by atoms with Crippen molar-refractivity contribution in [1.82, 2.24) is 40.0 Å². The van der Waals surface area contributed by atoms with Gasteiger partial charge in [-0.15, -0.1) is 0 Å². The lowest BCUT2D eigenvalue weighted by Gasteiger charge is -2.35. The number of alkyl carbamates (subject to hydrolysis) is 1. The molecule has 332 valence electrons. The Kier molecular flexibility index (Phi) is 12.7. The Morgan fingerprint density at radius 1 is 0.984 bits per heavy atom. The van der Waals surface area contributed by atoms with Gasteiger partial charge in [0, 0.05) is 11.1 Å². The second kappa shape index (κ2) is 17.9. The van der Waals surface area contributed by atoms with Crippen molar-refractivity contribution in [1.29, 1.82) is 0 Å². The van der Waals surface area contributed by atoms with E-state index in [1.165, 1.54) is 18.2 Å². The molecule has 3 aromatic carbocycles. The lowest BCUT2D eigenvalue weighted by atomic mass is 9.75. The normalized spacial score (nSPS) is 17.7. The Morgan fingerprint density at radius 3 is 2.35 bits per heavy atom. The summed E-state index contributed by atoms with van der Waals surface area (Å²) in [6, 6.07) is 18.5. The predicted octanol–water partition coefficient (Wildman–Crippen LogP) is 9.22. The first-order chi connectivity index (χ1) is 29.8. The lowest BCUT2D eigenvalue weighted by molar-refractivity contribution is -0.181. The summed E-state index contributed by atoms with van der Waals surface area (Å²) in [5, 5.41) is 15.1. The molecule has 0 bridgehead atoms. The third-order valence-electron chi connectivity index (χ3n) is 10.5. The summed E-state index contributed by atoms with van der Waals surface area (Å²) in [5.41, 5.74) is -0.0134. The number of nitrogens with one attached hydrogen (secondary N) is 1. The highest BCUT2D eigenvalue weighted by molar-refractivity contribution is 6.33. The second-order valence-electron chi connectivity index (χ2n) is 16.6. The molecule has 2 aromatic heterocycles. The van der Waals surface area contributed by atoms with Crippen molar-refractivity contribution in [3.8, 4) is 22.6 Å². The number of esters is 1. The van der Waals surface area contributed by atoms with Gasteiger partial charge in [0.25, 0.3) is 5.91 Å². The van der Waals surface area contributed by atoms with Gasteiger partial charge in [0.05, 0.1) is 35.6 Å². The van der Waals surface area contributed by atoms with Crippen LogP contribution in [0.5, 0.6) is 0 Å². The number of alkyl halides is 5. The first-order valence-electron chi connectivity index (χ1n) is 20.0. The van der Waals surface area contributed by atoms with E-state index in [1.807, 2.05) is 20.8 Å². The highest BCUT2D eigenvalue weighted by Crippen LogP contribution is 2.46. The molecule has 1 fully saturated rings. The van der Waals surface area contributed by atoms with E-state index in [0.717, 1.165) is 31.0 Å². The molecule has 20 heteroatoms. The molecule has 63 heavy (non-hydrogen) atoms. The van der Waals surface area contributed by atoms with Crippen LogP contribution in [0.2, 0.25) is 5.02 Å². The van der Waals surface area contributed by atoms with Crippen LogP contribution >= 0.6 is 11.6 Å². The van der Waals surface area contributed by atoms with Gasteiger partial charge in [0.15, 0.2) is 11.4 Å². The van der Waals surface area contributed by atoms with Crippen molar-refractivity contribution in [2.24, 2.45) is 16.3 Å². The maximum Gasteiger partial charge on any atom is 0.414 e. The number of guanidine groups is 1. The third-order valence-corrected chi connectivity index (χ3v) is 10.8. The summed E-state index contributed by atoms with van der Waals surface area (Å²) in [4.78, 5) is 53.9. The quantitative estimate of drug-likeness (QED) is 0.0847. The molecule has 5 aromatic rings. The minimum atomic E-state index is -4.71. The van der Waals surface area contributed by atoms with Crippen molar-refractivity contribution in [2.75, 3.05) is 6.61 Å². The van der Waals surface area contributed by atoms with Crippen LogP contribution < -0.4 is 5.32 Å². The Hall–Kier alpha value is -6.24. The van der Waals surface area contributed by atoms with Gasteiger partial charge in [-0.25, -0.2) is 14.8 Å². The smallest absolute Gasteiger partial charge is 0.414 e. The van der Waals surface area contributed by atoms with E-state index >= 15 is 4.79 Å². The number of nitrogens with zero attached hydrogens (tertiary/aromatic N) is 8. The van der Waals surface area contributed by atoms with Crippen LogP contribution in [0.4, 0.5) is 26.7 Å². The van der Waals surface area contributed by atoms with Crippen molar-refractivity contribution < 1.29 is 45.8 Å². The van der Waals surface area contributed by atoms with Crippen molar-refractivity contribution >= 4 is 35.5 Å². The fraction of sp³-hybridized carbons (Fsp3) is 0.395. The molecule has 1 aliphatic heterocycles. The number of hydrogen-bond acceptors (Lipinski definition) is 10. The van der Waals surface area contributed by atoms with Gasteiger partial charge < -0.3 is 9.47 Å². The minimum Gasteiger partial charge on any atom is -0.463 e. The van der Waals surface area contributed by atoms with E-state index in [9.17, 15) is 31.5 Å². The van der Waals surface area contributed by atoms with Crippen molar-refractivity contribution in [3.05, 3.63) is 107 Å². The van der Waals surface area contributed by atoms with Crippen LogP contribution in [0, 0.1) is 11.3 Å². The zero-order valence-corrected chi connectivity index (χ0v) is 35.3. The number of aromatic nitrogens is 6. The summed E-state index contributed by atoms with van der Waals surface area (Å²) < 4.78 is 80.1. The molecule has 3 heterocycles. The van der Waals surface area contributed by atoms with Crippen LogP contribution in [0.1, 0.15) is 88.7 Å². The van der Waals surface area contributed by atoms with E-state index < -0.39 is 66.6 Å². The number of hydrogen-bond donors (Lipinski definition) is 1. The van der Waals surface area contributed by atoms with E-state index in [0.29, 0.717) is 27.1 Å². The number of benzene rings is 3. The largest absolute Gasteiger partial charge is 0.463 e. The van der Waals surface area contributed by atoms with Crippen LogP contribution in [0.15, 0.2) is 90.3 Å². The Bertz CT molecular complexity index is 2490. The molecule has 0 saturated heterocycles. The molecule has 2 amide bonds. The summed E-state index contributed by atoms with van der Waals surface area (Å²) >= 11 is 6.54. The fourth-order valence-electron chi connectivity index (χ4n) is 7.21. The molecular weight excluding hydrogens is 853 g/mol. The topological polar surface area (TPSA) is 159 Å². The van der Waals surface area contributed by atoms with Crippen LogP contribution in [-0.4, -0.2) is 71.4 Å². The summed E-state index contributed by atoms with van der Waals surface area (Å²) in [7, 11) is 0. The summed E-state index contributed by atoms with van der Waals surface area (Å²) in [5.74, 6) is -4.74. The number of amides is 2. The van der Waals surface area contributed by atoms with E-state index in [-0.39, 0.29) is 47.0 Å². The van der Waals surface area contributed by atoms with Crippen LogP contribution in [0.3, 0.4) is 0 Å². The van der Waals surface area contributed by atoms with Gasteiger partial charge in [-0.05, 0) is 53.5 Å². The first kappa shape index (κ1) is 44.8. The number of aliphatic imine (C=N–C) groups is 1. The number of carbonyl (C=O) groups excluding carboxylic acids is 3. The molecule has 1 aliphatic carbocycles.